The Bertz CT molecular complexity index is 1440. The van der Waals surface area contributed by atoms with Gasteiger partial charge in [-0.05, 0) is 42.3 Å². The molecule has 2 amide bonds. The Hall–Kier alpha value is -4.33. The van der Waals surface area contributed by atoms with E-state index in [0.29, 0.717) is 46.7 Å². The topological polar surface area (TPSA) is 94.4 Å². The molecule has 0 radical (unpaired) electrons. The van der Waals surface area contributed by atoms with Crippen molar-refractivity contribution in [2.75, 3.05) is 13.7 Å². The summed E-state index contributed by atoms with van der Waals surface area (Å²) in [4.78, 5) is 48.9. The maximum Gasteiger partial charge on any atom is 0.261 e. The van der Waals surface area contributed by atoms with Gasteiger partial charge in [0.2, 0.25) is 5.88 Å². The van der Waals surface area contributed by atoms with Crippen molar-refractivity contribution in [3.8, 4) is 5.88 Å². The van der Waals surface area contributed by atoms with E-state index >= 15 is 0 Å². The fourth-order valence-corrected chi connectivity index (χ4v) is 4.25. The van der Waals surface area contributed by atoms with Crippen LogP contribution in [-0.2, 0) is 19.4 Å². The molecule has 0 fully saturated rings. The lowest BCUT2D eigenvalue weighted by atomic mass is 10.1. The molecule has 5 rings (SSSR count). The maximum absolute atomic E-state index is 13.3. The SMILES string of the molecule is COc1cc(CCn2c(CCN3C(=O)c4ccccc4C3=O)nc3ccccc3c2=O)ccn1. The van der Waals surface area contributed by atoms with E-state index in [-0.39, 0.29) is 30.3 Å². The van der Waals surface area contributed by atoms with Crippen LogP contribution in [0.2, 0.25) is 0 Å². The molecule has 0 spiro atoms. The molecular formula is C26H22N4O4. The Morgan fingerprint density at radius 2 is 1.56 bits per heavy atom. The monoisotopic (exact) mass is 454 g/mol. The smallest absolute Gasteiger partial charge is 0.261 e. The first-order valence-electron chi connectivity index (χ1n) is 11.0. The highest BCUT2D eigenvalue weighted by Crippen LogP contribution is 2.22. The van der Waals surface area contributed by atoms with E-state index in [1.807, 2.05) is 24.3 Å². The van der Waals surface area contributed by atoms with Crippen molar-refractivity contribution in [1.29, 1.82) is 0 Å². The Morgan fingerprint density at radius 1 is 0.853 bits per heavy atom. The highest BCUT2D eigenvalue weighted by Gasteiger charge is 2.34. The van der Waals surface area contributed by atoms with Crippen molar-refractivity contribution < 1.29 is 14.3 Å². The molecule has 3 heterocycles. The van der Waals surface area contributed by atoms with Crippen LogP contribution in [0.15, 0.2) is 71.7 Å². The Labute approximate surface area is 195 Å². The maximum atomic E-state index is 13.3. The third kappa shape index (κ3) is 3.83. The Balaban J connectivity index is 1.45. The van der Waals surface area contributed by atoms with Gasteiger partial charge in [-0.15, -0.1) is 0 Å². The number of nitrogens with zero attached hydrogens (tertiary/aromatic N) is 4. The molecule has 0 N–H and O–H groups in total. The zero-order valence-corrected chi connectivity index (χ0v) is 18.6. The summed E-state index contributed by atoms with van der Waals surface area (Å²) in [7, 11) is 1.56. The summed E-state index contributed by atoms with van der Waals surface area (Å²) < 4.78 is 6.83. The number of benzene rings is 2. The molecule has 0 bridgehead atoms. The number of aromatic nitrogens is 3. The number of carbonyl (C=O) groups excluding carboxylic acids is 2. The molecule has 0 saturated heterocycles. The van der Waals surface area contributed by atoms with Gasteiger partial charge in [0.05, 0.1) is 29.1 Å². The Morgan fingerprint density at radius 3 is 2.29 bits per heavy atom. The first-order valence-corrected chi connectivity index (χ1v) is 11.0. The van der Waals surface area contributed by atoms with Crippen LogP contribution in [0.5, 0.6) is 5.88 Å². The minimum absolute atomic E-state index is 0.139. The van der Waals surface area contributed by atoms with Gasteiger partial charge in [0.25, 0.3) is 17.4 Å². The summed E-state index contributed by atoms with van der Waals surface area (Å²) in [5, 5.41) is 0.527. The quantitative estimate of drug-likeness (QED) is 0.399. The molecule has 0 saturated carbocycles. The average Bonchev–Trinajstić information content (AvgIpc) is 3.12. The normalized spacial score (nSPS) is 12.9. The van der Waals surface area contributed by atoms with E-state index in [0.717, 1.165) is 5.56 Å². The van der Waals surface area contributed by atoms with Gasteiger partial charge in [0, 0.05) is 31.8 Å². The lowest BCUT2D eigenvalue weighted by molar-refractivity contribution is 0.0655. The predicted molar refractivity (Wildman–Crippen MR) is 126 cm³/mol. The number of hydrogen-bond acceptors (Lipinski definition) is 6. The number of para-hydroxylation sites is 1. The minimum Gasteiger partial charge on any atom is -0.481 e. The second-order valence-corrected chi connectivity index (χ2v) is 8.02. The van der Waals surface area contributed by atoms with Gasteiger partial charge in [-0.25, -0.2) is 9.97 Å². The van der Waals surface area contributed by atoms with Gasteiger partial charge in [-0.2, -0.15) is 0 Å². The number of rotatable bonds is 7. The highest BCUT2D eigenvalue weighted by atomic mass is 16.5. The molecule has 0 aliphatic carbocycles. The van der Waals surface area contributed by atoms with E-state index in [4.69, 9.17) is 9.72 Å². The number of ether oxygens (including phenoxy) is 1. The van der Waals surface area contributed by atoms with Crippen LogP contribution in [0.1, 0.15) is 32.1 Å². The fraction of sp³-hybridized carbons (Fsp3) is 0.192. The van der Waals surface area contributed by atoms with Crippen LogP contribution in [0.4, 0.5) is 0 Å². The van der Waals surface area contributed by atoms with E-state index in [1.165, 1.54) is 4.90 Å². The Kier molecular flexibility index (Phi) is 5.63. The lowest BCUT2D eigenvalue weighted by Gasteiger charge is -2.17. The van der Waals surface area contributed by atoms with Gasteiger partial charge in [0.1, 0.15) is 5.82 Å². The molecule has 8 nitrogen and oxygen atoms in total. The summed E-state index contributed by atoms with van der Waals surface area (Å²) in [5.41, 5.74) is 2.22. The third-order valence-corrected chi connectivity index (χ3v) is 6.01. The third-order valence-electron chi connectivity index (χ3n) is 6.01. The number of fused-ring (bicyclic) bond motifs is 2. The van der Waals surface area contributed by atoms with Gasteiger partial charge in [0.15, 0.2) is 0 Å². The fourth-order valence-electron chi connectivity index (χ4n) is 4.25. The zero-order chi connectivity index (χ0) is 23.7. The molecule has 0 atom stereocenters. The zero-order valence-electron chi connectivity index (χ0n) is 18.6. The average molecular weight is 454 g/mol. The number of amides is 2. The molecule has 2 aromatic heterocycles. The van der Waals surface area contributed by atoms with Crippen LogP contribution >= 0.6 is 0 Å². The molecule has 1 aliphatic rings. The summed E-state index contributed by atoms with van der Waals surface area (Å²) in [6.45, 7) is 0.529. The van der Waals surface area contributed by atoms with Crippen LogP contribution in [0.25, 0.3) is 10.9 Å². The van der Waals surface area contributed by atoms with Crippen LogP contribution < -0.4 is 10.3 Å². The number of carbonyl (C=O) groups is 2. The highest BCUT2D eigenvalue weighted by molar-refractivity contribution is 6.21. The molecule has 34 heavy (non-hydrogen) atoms. The van der Waals surface area contributed by atoms with Gasteiger partial charge >= 0.3 is 0 Å². The molecule has 4 aromatic rings. The van der Waals surface area contributed by atoms with Crippen LogP contribution in [0, 0.1) is 0 Å². The summed E-state index contributed by atoms with van der Waals surface area (Å²) in [6.07, 6.45) is 2.50. The van der Waals surface area contributed by atoms with Crippen molar-refractivity contribution in [2.45, 2.75) is 19.4 Å². The number of methoxy groups -OCH3 is 1. The lowest BCUT2D eigenvalue weighted by Crippen LogP contribution is -2.34. The molecule has 8 heteroatoms. The van der Waals surface area contributed by atoms with E-state index in [2.05, 4.69) is 4.98 Å². The molecule has 2 aromatic carbocycles. The van der Waals surface area contributed by atoms with Crippen molar-refractivity contribution in [3.05, 3.63) is 99.7 Å². The molecule has 1 aliphatic heterocycles. The molecular weight excluding hydrogens is 432 g/mol. The molecule has 170 valence electrons. The number of imide groups is 1. The summed E-state index contributed by atoms with van der Waals surface area (Å²) in [5.74, 6) is 0.395. The van der Waals surface area contributed by atoms with Crippen LogP contribution in [-0.4, -0.2) is 44.9 Å². The van der Waals surface area contributed by atoms with E-state index in [1.54, 1.807) is 54.3 Å². The van der Waals surface area contributed by atoms with E-state index < -0.39 is 0 Å². The predicted octanol–water partition coefficient (Wildman–Crippen LogP) is 2.88. The standard InChI is InChI=1S/C26H22N4O4/c1-34-23-16-17(10-13-27-23)11-14-29-22(28-21-9-5-4-8-20(21)26(29)33)12-15-30-24(31)18-6-2-3-7-19(18)25(30)32/h2-10,13,16H,11-12,14-15H2,1H3. The largest absolute Gasteiger partial charge is 0.481 e. The summed E-state index contributed by atoms with van der Waals surface area (Å²) >= 11 is 0. The number of aryl methyl sites for hydroxylation is 1. The van der Waals surface area contributed by atoms with Crippen molar-refractivity contribution in [2.24, 2.45) is 0 Å². The number of pyridine rings is 1. The van der Waals surface area contributed by atoms with Crippen molar-refractivity contribution in [3.63, 3.8) is 0 Å². The van der Waals surface area contributed by atoms with Gasteiger partial charge in [-0.3, -0.25) is 23.9 Å². The van der Waals surface area contributed by atoms with E-state index in [9.17, 15) is 14.4 Å². The second kappa shape index (κ2) is 8.90. The first-order chi connectivity index (χ1) is 16.6. The number of hydrogen-bond donors (Lipinski definition) is 0. The van der Waals surface area contributed by atoms with Crippen molar-refractivity contribution in [1.82, 2.24) is 19.4 Å². The van der Waals surface area contributed by atoms with Crippen molar-refractivity contribution >= 4 is 22.7 Å². The van der Waals surface area contributed by atoms with Crippen LogP contribution in [0.3, 0.4) is 0 Å². The van der Waals surface area contributed by atoms with Gasteiger partial charge in [-0.1, -0.05) is 24.3 Å². The summed E-state index contributed by atoms with van der Waals surface area (Å²) in [6, 6.07) is 17.7. The first kappa shape index (κ1) is 21.5. The van der Waals surface area contributed by atoms with Gasteiger partial charge < -0.3 is 4.74 Å². The second-order valence-electron chi connectivity index (χ2n) is 8.02. The minimum atomic E-state index is -0.320. The molecule has 0 unspecified atom stereocenters.